The van der Waals surface area contributed by atoms with E-state index in [1.54, 1.807) is 18.2 Å². The van der Waals surface area contributed by atoms with Crippen LogP contribution in [-0.2, 0) is 22.7 Å². The first kappa shape index (κ1) is 39.1. The molecule has 0 bridgehead atoms. The Labute approximate surface area is 339 Å². The zero-order chi connectivity index (χ0) is 40.0. The topological polar surface area (TPSA) is 110 Å². The number of alkyl halides is 1. The van der Waals surface area contributed by atoms with E-state index in [4.69, 9.17) is 45.4 Å². The van der Waals surface area contributed by atoms with Crippen LogP contribution in [0.4, 0.5) is 13.6 Å². The average molecular weight is 810 g/mol. The monoisotopic (exact) mass is 809 g/mol. The Balaban J connectivity index is 1.15. The third-order valence-corrected chi connectivity index (χ3v) is 10.4. The van der Waals surface area contributed by atoms with E-state index in [1.807, 2.05) is 84.4 Å². The van der Waals surface area contributed by atoms with Crippen molar-refractivity contribution in [2.75, 3.05) is 26.3 Å². The predicted molar refractivity (Wildman–Crippen MR) is 214 cm³/mol. The Hall–Kier alpha value is -5.79. The molecule has 1 unspecified atom stereocenters. The van der Waals surface area contributed by atoms with Gasteiger partial charge in [0.25, 0.3) is 0 Å². The van der Waals surface area contributed by atoms with Crippen LogP contribution in [0.3, 0.4) is 0 Å². The first-order chi connectivity index (χ1) is 28.3. The molecule has 2 aromatic heterocycles. The van der Waals surface area contributed by atoms with E-state index in [0.29, 0.717) is 41.1 Å². The Morgan fingerprint density at radius 3 is 2.52 bits per heavy atom. The van der Waals surface area contributed by atoms with E-state index in [2.05, 4.69) is 4.98 Å². The summed E-state index contributed by atoms with van der Waals surface area (Å²) < 4.78 is 62.4. The quantitative estimate of drug-likeness (QED) is 0.119. The average Bonchev–Trinajstić information content (AvgIpc) is 3.63. The molecule has 0 N–H and O–H groups in total. The molecule has 4 aromatic carbocycles. The summed E-state index contributed by atoms with van der Waals surface area (Å²) in [6.45, 7) is 3.36. The van der Waals surface area contributed by atoms with Crippen LogP contribution in [0.1, 0.15) is 50.0 Å². The summed E-state index contributed by atoms with van der Waals surface area (Å²) in [7, 11) is 0. The molecule has 4 heterocycles. The van der Waals surface area contributed by atoms with Gasteiger partial charge in [0.1, 0.15) is 42.3 Å². The summed E-state index contributed by atoms with van der Waals surface area (Å²) in [5.41, 5.74) is 4.16. The normalized spacial score (nSPS) is 18.2. The maximum Gasteiger partial charge on any atom is 0.410 e. The van der Waals surface area contributed by atoms with Gasteiger partial charge in [-0.25, -0.2) is 18.3 Å². The number of hydrogen-bond donors (Lipinski definition) is 0. The van der Waals surface area contributed by atoms with Crippen LogP contribution in [-0.4, -0.2) is 69.3 Å². The van der Waals surface area contributed by atoms with Crippen LogP contribution in [0.5, 0.6) is 17.6 Å². The molecule has 0 spiro atoms. The van der Waals surface area contributed by atoms with Crippen molar-refractivity contribution in [2.24, 2.45) is 0 Å². The molecule has 1 amide bonds. The Morgan fingerprint density at radius 2 is 1.74 bits per heavy atom. The highest BCUT2D eigenvalue weighted by Gasteiger charge is 2.35. The minimum atomic E-state index is -1.42. The van der Waals surface area contributed by atoms with Crippen LogP contribution in [0.15, 0.2) is 97.1 Å². The lowest BCUT2D eigenvalue weighted by Gasteiger charge is -2.33. The minimum absolute atomic E-state index is 0.0341. The minimum Gasteiger partial charge on any atom is -0.494 e. The fourth-order valence-corrected chi connectivity index (χ4v) is 7.28. The number of aromatic nitrogens is 4. The van der Waals surface area contributed by atoms with Crippen LogP contribution < -0.4 is 14.2 Å². The van der Waals surface area contributed by atoms with Crippen molar-refractivity contribution >= 4 is 28.6 Å². The van der Waals surface area contributed by atoms with Gasteiger partial charge in [0, 0.05) is 41.6 Å². The molecule has 0 radical (unpaired) electrons. The Kier molecular flexibility index (Phi) is 12.0. The highest BCUT2D eigenvalue weighted by molar-refractivity contribution is 6.30. The summed E-state index contributed by atoms with van der Waals surface area (Å²) in [6, 6.07) is 28.4. The van der Waals surface area contributed by atoms with Crippen molar-refractivity contribution in [3.63, 3.8) is 0 Å². The lowest BCUT2D eigenvalue weighted by Crippen LogP contribution is -2.50. The number of likely N-dealkylation sites (tertiary alicyclic amines) is 1. The highest BCUT2D eigenvalue weighted by atomic mass is 35.5. The van der Waals surface area contributed by atoms with Gasteiger partial charge in [-0.3, -0.25) is 0 Å². The molecule has 14 heteroatoms. The van der Waals surface area contributed by atoms with Crippen molar-refractivity contribution in [3.8, 4) is 40.2 Å². The van der Waals surface area contributed by atoms with Crippen LogP contribution in [0, 0.1) is 5.82 Å². The second-order valence-electron chi connectivity index (χ2n) is 14.2. The number of amides is 1. The van der Waals surface area contributed by atoms with Gasteiger partial charge < -0.3 is 28.6 Å². The molecular weight excluding hydrogens is 768 g/mol. The molecule has 2 aliphatic rings. The molecule has 2 saturated heterocycles. The van der Waals surface area contributed by atoms with Gasteiger partial charge in [-0.15, -0.1) is 0 Å². The summed E-state index contributed by atoms with van der Waals surface area (Å²) >= 11 is 6.09. The van der Waals surface area contributed by atoms with Gasteiger partial charge in [-0.05, 0) is 85.3 Å². The fourth-order valence-electron chi connectivity index (χ4n) is 7.13. The number of halogens is 3. The number of ether oxygens (including phenoxy) is 5. The maximum atomic E-state index is 15.6. The van der Waals surface area contributed by atoms with E-state index in [-0.39, 0.29) is 55.9 Å². The van der Waals surface area contributed by atoms with Crippen molar-refractivity contribution in [2.45, 2.75) is 64.3 Å². The molecule has 8 rings (SSSR count). The van der Waals surface area contributed by atoms with E-state index in [1.165, 1.54) is 11.0 Å². The molecular formula is C44H42ClF2N5O6. The molecule has 300 valence electrons. The van der Waals surface area contributed by atoms with Crippen molar-refractivity contribution in [1.82, 2.24) is 24.6 Å². The maximum absolute atomic E-state index is 15.6. The summed E-state index contributed by atoms with van der Waals surface area (Å²) in [6.07, 6.45) is -0.729. The standard InChI is InChI=1S/C44H42ClF2N5O6/c1-2-54-32-15-11-29(12-16-32)26-56-40-24-37(48-43(49-40)58-39-25-51(20-19-35(39)46)44(53)57-27-28-8-4-3-5-9-28)42-34-22-30(33-17-14-31(45)23-36(33)47)13-18-38(34)52(50-42)41-10-6-7-21-55-41/h3-5,8-9,11-18,22-24,35,39,41H,2,6-7,10,19-21,25-27H2,1H3/t35-,39-,41?/m0/s1. The van der Waals surface area contributed by atoms with E-state index >= 15 is 8.78 Å². The number of carbonyl (C=O) groups excluding carboxylic acids is 1. The third kappa shape index (κ3) is 9.00. The molecule has 2 aliphatic heterocycles. The predicted octanol–water partition coefficient (Wildman–Crippen LogP) is 9.76. The summed E-state index contributed by atoms with van der Waals surface area (Å²) in [5.74, 6) is 0.417. The fraction of sp³-hybridized carbons (Fsp3) is 0.318. The third-order valence-electron chi connectivity index (χ3n) is 10.1. The van der Waals surface area contributed by atoms with Crippen LogP contribution in [0.25, 0.3) is 33.4 Å². The number of fused-ring (bicyclic) bond motifs is 1. The molecule has 2 fully saturated rings. The van der Waals surface area contributed by atoms with Crippen molar-refractivity contribution in [3.05, 3.63) is 119 Å². The Bertz CT molecular complexity index is 2360. The zero-order valence-electron chi connectivity index (χ0n) is 31.9. The molecule has 0 aliphatic carbocycles. The molecule has 3 atom stereocenters. The SMILES string of the molecule is CCOc1ccc(COc2cc(-c3nn(C4CCCCO4)c4ccc(-c5ccc(Cl)cc5F)cc34)nc(O[C@H]3CN(C(=O)OCc4ccccc4)CC[C@@H]3F)n2)cc1. The molecule has 6 aromatic rings. The number of carbonyl (C=O) groups is 1. The second-order valence-corrected chi connectivity index (χ2v) is 14.6. The first-order valence-corrected chi connectivity index (χ1v) is 19.8. The second kappa shape index (κ2) is 17.8. The molecule has 0 saturated carbocycles. The van der Waals surface area contributed by atoms with Gasteiger partial charge in [0.15, 0.2) is 12.3 Å². The van der Waals surface area contributed by atoms with Gasteiger partial charge in [-0.1, -0.05) is 60.1 Å². The molecule has 58 heavy (non-hydrogen) atoms. The van der Waals surface area contributed by atoms with Crippen LogP contribution >= 0.6 is 11.6 Å². The smallest absolute Gasteiger partial charge is 0.410 e. The summed E-state index contributed by atoms with van der Waals surface area (Å²) in [5, 5.41) is 6.00. The molecule has 11 nitrogen and oxygen atoms in total. The number of benzene rings is 4. The number of rotatable bonds is 12. The van der Waals surface area contributed by atoms with Gasteiger partial charge in [-0.2, -0.15) is 15.1 Å². The van der Waals surface area contributed by atoms with E-state index < -0.39 is 24.2 Å². The van der Waals surface area contributed by atoms with E-state index in [9.17, 15) is 4.79 Å². The van der Waals surface area contributed by atoms with Crippen molar-refractivity contribution in [1.29, 1.82) is 0 Å². The van der Waals surface area contributed by atoms with E-state index in [0.717, 1.165) is 41.7 Å². The largest absolute Gasteiger partial charge is 0.494 e. The highest BCUT2D eigenvalue weighted by Crippen LogP contribution is 2.37. The first-order valence-electron chi connectivity index (χ1n) is 19.4. The van der Waals surface area contributed by atoms with Crippen LogP contribution in [0.2, 0.25) is 5.02 Å². The van der Waals surface area contributed by atoms with Crippen molar-refractivity contribution < 1.29 is 37.3 Å². The summed E-state index contributed by atoms with van der Waals surface area (Å²) in [4.78, 5) is 23.8. The van der Waals surface area contributed by atoms with Gasteiger partial charge in [0.2, 0.25) is 5.88 Å². The number of nitrogens with zero attached hydrogens (tertiary/aromatic N) is 5. The number of hydrogen-bond acceptors (Lipinski definition) is 9. The Morgan fingerprint density at radius 1 is 0.914 bits per heavy atom. The lowest BCUT2D eigenvalue weighted by atomic mass is 10.0. The zero-order valence-corrected chi connectivity index (χ0v) is 32.6. The van der Waals surface area contributed by atoms with Gasteiger partial charge in [0.05, 0.1) is 18.7 Å². The number of piperidine rings is 1. The van der Waals surface area contributed by atoms with Gasteiger partial charge >= 0.3 is 12.1 Å². The lowest BCUT2D eigenvalue weighted by molar-refractivity contribution is -0.0365.